The molecular formula is C9H13NO3S. The van der Waals surface area contributed by atoms with Crippen molar-refractivity contribution in [1.82, 2.24) is 5.48 Å². The number of sulfone groups is 1. The van der Waals surface area contributed by atoms with Crippen LogP contribution < -0.4 is 5.48 Å². The third kappa shape index (κ3) is 2.54. The molecule has 4 nitrogen and oxygen atoms in total. The van der Waals surface area contributed by atoms with E-state index in [2.05, 4.69) is 5.48 Å². The maximum absolute atomic E-state index is 11.1. The summed E-state index contributed by atoms with van der Waals surface area (Å²) in [5, 5.41) is 8.65. The first-order valence-electron chi connectivity index (χ1n) is 4.15. The van der Waals surface area contributed by atoms with Gasteiger partial charge in [0, 0.05) is 6.26 Å². The minimum Gasteiger partial charge on any atom is -0.316 e. The van der Waals surface area contributed by atoms with Crippen molar-refractivity contribution in [2.45, 2.75) is 17.9 Å². The molecule has 2 N–H and O–H groups in total. The highest BCUT2D eigenvalue weighted by Crippen LogP contribution is 2.15. The summed E-state index contributed by atoms with van der Waals surface area (Å²) in [5.74, 6) is 0. The first-order chi connectivity index (χ1) is 6.45. The monoisotopic (exact) mass is 215 g/mol. The molecule has 5 heteroatoms. The van der Waals surface area contributed by atoms with Crippen LogP contribution in [0.15, 0.2) is 29.2 Å². The Morgan fingerprint density at radius 1 is 1.29 bits per heavy atom. The second kappa shape index (κ2) is 4.08. The zero-order valence-corrected chi connectivity index (χ0v) is 8.88. The molecule has 0 aromatic heterocycles. The van der Waals surface area contributed by atoms with Gasteiger partial charge in [0.05, 0.1) is 10.9 Å². The predicted molar refractivity (Wildman–Crippen MR) is 52.9 cm³/mol. The smallest absolute Gasteiger partial charge is 0.175 e. The van der Waals surface area contributed by atoms with Crippen molar-refractivity contribution in [2.24, 2.45) is 0 Å². The van der Waals surface area contributed by atoms with Gasteiger partial charge in [0.2, 0.25) is 0 Å². The lowest BCUT2D eigenvalue weighted by molar-refractivity contribution is 0.133. The molecule has 1 atom stereocenters. The molecule has 0 aliphatic heterocycles. The van der Waals surface area contributed by atoms with Crippen LogP contribution in [0.3, 0.4) is 0 Å². The molecule has 0 bridgehead atoms. The van der Waals surface area contributed by atoms with Crippen LogP contribution in [0.2, 0.25) is 0 Å². The van der Waals surface area contributed by atoms with Crippen LogP contribution in [0.5, 0.6) is 0 Å². The summed E-state index contributed by atoms with van der Waals surface area (Å²) in [6.07, 6.45) is 1.16. The van der Waals surface area contributed by atoms with Crippen LogP contribution >= 0.6 is 0 Å². The Hall–Kier alpha value is -0.910. The fourth-order valence-electron chi connectivity index (χ4n) is 1.08. The van der Waals surface area contributed by atoms with Crippen LogP contribution in [0.4, 0.5) is 0 Å². The third-order valence-electron chi connectivity index (χ3n) is 2.00. The number of hydroxylamine groups is 1. The molecule has 1 aromatic carbocycles. The molecule has 0 radical (unpaired) electrons. The third-order valence-corrected chi connectivity index (χ3v) is 3.13. The normalized spacial score (nSPS) is 13.9. The minimum absolute atomic E-state index is 0.205. The van der Waals surface area contributed by atoms with Crippen molar-refractivity contribution in [3.8, 4) is 0 Å². The molecule has 1 rings (SSSR count). The van der Waals surface area contributed by atoms with Gasteiger partial charge in [0.15, 0.2) is 9.84 Å². The summed E-state index contributed by atoms with van der Waals surface area (Å²) in [7, 11) is -3.13. The molecule has 14 heavy (non-hydrogen) atoms. The quantitative estimate of drug-likeness (QED) is 0.742. The van der Waals surface area contributed by atoms with E-state index in [-0.39, 0.29) is 10.9 Å². The van der Waals surface area contributed by atoms with Crippen molar-refractivity contribution in [3.05, 3.63) is 29.8 Å². The molecule has 0 saturated heterocycles. The van der Waals surface area contributed by atoms with E-state index >= 15 is 0 Å². The number of benzene rings is 1. The van der Waals surface area contributed by atoms with Gasteiger partial charge in [-0.3, -0.25) is 0 Å². The van der Waals surface area contributed by atoms with Crippen molar-refractivity contribution < 1.29 is 13.6 Å². The van der Waals surface area contributed by atoms with E-state index in [1.165, 1.54) is 12.1 Å². The van der Waals surface area contributed by atoms with Crippen molar-refractivity contribution in [1.29, 1.82) is 0 Å². The van der Waals surface area contributed by atoms with E-state index < -0.39 is 9.84 Å². The molecule has 0 fully saturated rings. The van der Waals surface area contributed by atoms with E-state index in [0.29, 0.717) is 0 Å². The van der Waals surface area contributed by atoms with Gasteiger partial charge in [-0.25, -0.2) is 8.42 Å². The number of rotatable bonds is 3. The molecule has 0 heterocycles. The molecule has 78 valence electrons. The standard InChI is InChI=1S/C9H13NO3S/c1-7(10-11)8-3-5-9(6-4-8)14(2,12)13/h3-7,10-11H,1-2H3/t7-/m0/s1. The average molecular weight is 215 g/mol. The van der Waals surface area contributed by atoms with Gasteiger partial charge in [-0.2, -0.15) is 5.48 Å². The van der Waals surface area contributed by atoms with Crippen molar-refractivity contribution >= 4 is 9.84 Å². The second-order valence-corrected chi connectivity index (χ2v) is 5.21. The Balaban J connectivity index is 3.01. The lowest BCUT2D eigenvalue weighted by Crippen LogP contribution is -2.13. The van der Waals surface area contributed by atoms with E-state index in [9.17, 15) is 8.42 Å². The van der Waals surface area contributed by atoms with Crippen molar-refractivity contribution in [3.63, 3.8) is 0 Å². The molecule has 0 unspecified atom stereocenters. The molecule has 0 saturated carbocycles. The summed E-state index contributed by atoms with van der Waals surface area (Å²) in [6.45, 7) is 1.77. The molecule has 0 amide bonds. The summed E-state index contributed by atoms with van der Waals surface area (Å²) in [5.41, 5.74) is 2.92. The van der Waals surface area contributed by atoms with E-state index in [0.717, 1.165) is 11.8 Å². The highest BCUT2D eigenvalue weighted by molar-refractivity contribution is 7.90. The number of hydrogen-bond donors (Lipinski definition) is 2. The highest BCUT2D eigenvalue weighted by atomic mass is 32.2. The Morgan fingerprint density at radius 3 is 2.14 bits per heavy atom. The molecule has 0 aliphatic rings. The van der Waals surface area contributed by atoms with Crippen molar-refractivity contribution in [2.75, 3.05) is 6.26 Å². The summed E-state index contributed by atoms with van der Waals surface area (Å²) in [4.78, 5) is 0.284. The maximum Gasteiger partial charge on any atom is 0.175 e. The van der Waals surface area contributed by atoms with Gasteiger partial charge in [0.1, 0.15) is 0 Å². The largest absolute Gasteiger partial charge is 0.316 e. The molecule has 0 spiro atoms. The summed E-state index contributed by atoms with van der Waals surface area (Å²) < 4.78 is 22.2. The summed E-state index contributed by atoms with van der Waals surface area (Å²) in [6, 6.07) is 6.19. The zero-order chi connectivity index (χ0) is 10.8. The van der Waals surface area contributed by atoms with Crippen LogP contribution in [0, 0.1) is 0 Å². The maximum atomic E-state index is 11.1. The first-order valence-corrected chi connectivity index (χ1v) is 6.04. The van der Waals surface area contributed by atoms with Crippen LogP contribution in [-0.4, -0.2) is 19.9 Å². The highest BCUT2D eigenvalue weighted by Gasteiger charge is 2.08. The van der Waals surface area contributed by atoms with E-state index in [1.54, 1.807) is 19.1 Å². The van der Waals surface area contributed by atoms with Crippen LogP contribution in [-0.2, 0) is 9.84 Å². The van der Waals surface area contributed by atoms with Gasteiger partial charge in [-0.15, -0.1) is 0 Å². The Bertz CT molecular complexity index is 397. The van der Waals surface area contributed by atoms with Gasteiger partial charge < -0.3 is 5.21 Å². The number of hydrogen-bond acceptors (Lipinski definition) is 4. The average Bonchev–Trinajstić information content (AvgIpc) is 2.15. The minimum atomic E-state index is -3.13. The van der Waals surface area contributed by atoms with Gasteiger partial charge in [-0.05, 0) is 24.6 Å². The topological polar surface area (TPSA) is 66.4 Å². The first kappa shape index (κ1) is 11.2. The Kier molecular flexibility index (Phi) is 3.25. The van der Waals surface area contributed by atoms with E-state index in [1.807, 2.05) is 0 Å². The van der Waals surface area contributed by atoms with Gasteiger partial charge in [0.25, 0.3) is 0 Å². The van der Waals surface area contributed by atoms with Gasteiger partial charge in [-0.1, -0.05) is 12.1 Å². The Labute approximate surface area is 83.4 Å². The zero-order valence-electron chi connectivity index (χ0n) is 8.06. The molecular weight excluding hydrogens is 202 g/mol. The fraction of sp³-hybridized carbons (Fsp3) is 0.333. The molecule has 1 aromatic rings. The predicted octanol–water partition coefficient (Wildman–Crippen LogP) is 1.13. The van der Waals surface area contributed by atoms with E-state index in [4.69, 9.17) is 5.21 Å². The SMILES string of the molecule is C[C@H](NO)c1ccc(S(C)(=O)=O)cc1. The fourth-order valence-corrected chi connectivity index (χ4v) is 1.71. The Morgan fingerprint density at radius 2 is 1.79 bits per heavy atom. The van der Waals surface area contributed by atoms with Gasteiger partial charge >= 0.3 is 0 Å². The lowest BCUT2D eigenvalue weighted by atomic mass is 10.1. The van der Waals surface area contributed by atoms with Crippen LogP contribution in [0.1, 0.15) is 18.5 Å². The van der Waals surface area contributed by atoms with Crippen LogP contribution in [0.25, 0.3) is 0 Å². The lowest BCUT2D eigenvalue weighted by Gasteiger charge is -2.09. The second-order valence-electron chi connectivity index (χ2n) is 3.19. The molecule has 0 aliphatic carbocycles. The summed E-state index contributed by atoms with van der Waals surface area (Å²) >= 11 is 0. The number of nitrogens with one attached hydrogen (secondary N) is 1.